The molecule has 0 spiro atoms. The van der Waals surface area contributed by atoms with Gasteiger partial charge in [-0.3, -0.25) is 24.0 Å². The molecule has 66 heavy (non-hydrogen) atoms. The van der Waals surface area contributed by atoms with Crippen molar-refractivity contribution in [2.45, 2.75) is 42.1 Å². The number of benzene rings is 4. The first-order valence-corrected chi connectivity index (χ1v) is 20.3. The molecular weight excluding hydrogens is 891 g/mol. The van der Waals surface area contributed by atoms with Gasteiger partial charge in [0.2, 0.25) is 11.8 Å². The fourth-order valence-electron chi connectivity index (χ4n) is 7.65. The number of carboxylic acid groups (broad SMARTS) is 1. The topological polar surface area (TPSA) is 291 Å². The van der Waals surface area contributed by atoms with Gasteiger partial charge in [-0.25, -0.2) is 33.1 Å². The predicted octanol–water partition coefficient (Wildman–Crippen LogP) is 2.59. The van der Waals surface area contributed by atoms with Crippen LogP contribution in [0.15, 0.2) is 113 Å². The van der Waals surface area contributed by atoms with E-state index in [-0.39, 0.29) is 27.8 Å². The molecule has 4 aromatic carbocycles. The first-order valence-electron chi connectivity index (χ1n) is 19.4. The average molecular weight is 924 g/mol. The lowest BCUT2D eigenvalue weighted by Crippen LogP contribution is -2.71. The maximum Gasteiger partial charge on any atom is 0.513 e. The van der Waals surface area contributed by atoms with Gasteiger partial charge in [-0.15, -0.1) is 11.8 Å². The third kappa shape index (κ3) is 7.69. The Balaban J connectivity index is 1.25. The lowest BCUT2D eigenvalue weighted by Gasteiger charge is -2.44. The van der Waals surface area contributed by atoms with Crippen molar-refractivity contribution in [3.05, 3.63) is 138 Å². The molecule has 0 saturated carbocycles. The van der Waals surface area contributed by atoms with Crippen LogP contribution in [0.5, 0.6) is 11.5 Å². The zero-order valence-electron chi connectivity index (χ0n) is 34.6. The molecule has 3 N–H and O–H groups in total. The number of carbonyl (C=O) groups excluding carboxylic acids is 5. The van der Waals surface area contributed by atoms with Crippen molar-refractivity contribution in [1.29, 1.82) is 0 Å². The van der Waals surface area contributed by atoms with Gasteiger partial charge in [-0.1, -0.05) is 42.5 Å². The van der Waals surface area contributed by atoms with Crippen molar-refractivity contribution in [1.82, 2.24) is 24.7 Å². The second-order valence-electron chi connectivity index (χ2n) is 15.0. The van der Waals surface area contributed by atoms with Crippen LogP contribution in [-0.4, -0.2) is 91.6 Å². The quantitative estimate of drug-likeness (QED) is 0.101. The number of carbonyl (C=O) groups is 6. The van der Waals surface area contributed by atoms with E-state index in [4.69, 9.17) is 18.3 Å². The number of hydrogen-bond acceptors (Lipinski definition) is 17. The number of hydrogen-bond donors (Lipinski definition) is 3. The molecule has 2 aliphatic heterocycles. The lowest BCUT2D eigenvalue weighted by molar-refractivity contribution is -0.161. The summed E-state index contributed by atoms with van der Waals surface area (Å²) in [6.45, 7) is 3.32. The predicted molar refractivity (Wildman–Crippen MR) is 228 cm³/mol. The van der Waals surface area contributed by atoms with E-state index in [2.05, 4.69) is 20.1 Å². The molecule has 22 nitrogen and oxygen atoms in total. The molecule has 23 heteroatoms. The first kappa shape index (κ1) is 44.1. The molecule has 8 rings (SSSR count). The highest BCUT2D eigenvalue weighted by Gasteiger charge is 2.64. The van der Waals surface area contributed by atoms with Crippen LogP contribution in [0, 0.1) is 0 Å². The second kappa shape index (κ2) is 16.9. The molecule has 0 aliphatic carbocycles. The van der Waals surface area contributed by atoms with Crippen LogP contribution < -0.4 is 42.7 Å². The number of methoxy groups -OCH3 is 2. The summed E-state index contributed by atoms with van der Waals surface area (Å²) in [6.07, 6.45) is -2.39. The monoisotopic (exact) mass is 923 g/mol. The minimum atomic E-state index is -1.55. The van der Waals surface area contributed by atoms with E-state index in [9.17, 15) is 53.1 Å². The average Bonchev–Trinajstić information content (AvgIpc) is 3.55. The highest BCUT2D eigenvalue weighted by molar-refractivity contribution is 8.01. The zero-order valence-corrected chi connectivity index (χ0v) is 35.4. The van der Waals surface area contributed by atoms with E-state index >= 15 is 0 Å². The molecule has 3 amide bonds. The highest BCUT2D eigenvalue weighted by Crippen LogP contribution is 2.51. The Labute approximate surface area is 372 Å². The molecular formula is C43H33N5O17S. The number of fused-ring (bicyclic) bond motifs is 3. The van der Waals surface area contributed by atoms with Crippen molar-refractivity contribution in [2.75, 3.05) is 14.2 Å². The number of aromatic nitrogens is 2. The first-order chi connectivity index (χ1) is 31.4. The maximum absolute atomic E-state index is 14.5. The van der Waals surface area contributed by atoms with Gasteiger partial charge >= 0.3 is 29.8 Å². The van der Waals surface area contributed by atoms with E-state index in [0.29, 0.717) is 9.13 Å². The number of carboxylic acids is 1. The number of aliphatic carboxylic acids is 1. The largest absolute Gasteiger partial charge is 0.513 e. The molecule has 338 valence electrons. The number of ether oxygens (including phenoxy) is 4. The summed E-state index contributed by atoms with van der Waals surface area (Å²) in [5.74, 6) is -7.32. The van der Waals surface area contributed by atoms with E-state index in [0.717, 1.165) is 32.4 Å². The van der Waals surface area contributed by atoms with Crippen LogP contribution in [-0.2, 0) is 23.9 Å². The zero-order chi connectivity index (χ0) is 47.4. The standard InChI is InChI=1S/C43H33N5O17S/c1-43(2)31(38(54)55)48-36(53)28(37(48)66-43)45-33(50)27(19-10-6-5-7-11-19)44-32(49)20-16-21(46-34(51)23-12-8-14-25(62-41(58)60-3)29(23)64-39(46)56)18-22(17-20)47-35(52)24-13-9-15-26(63-42(59)61-4)30(24)65-40(47)57/h5-18,27-28,31,37H,1-4H3,(H,44,49)(H,45,50)(H,54,55)/t27?,28-,31+,37-/m1/s1. The van der Waals surface area contributed by atoms with Gasteiger partial charge < -0.3 is 48.4 Å². The fraction of sp³-hybridized carbons (Fsp3) is 0.209. The number of amides is 3. The molecule has 1 unspecified atom stereocenters. The van der Waals surface area contributed by atoms with E-state index in [1.54, 1.807) is 32.0 Å². The molecule has 2 saturated heterocycles. The van der Waals surface area contributed by atoms with Crippen molar-refractivity contribution in [2.24, 2.45) is 0 Å². The van der Waals surface area contributed by atoms with Gasteiger partial charge in [0, 0.05) is 10.3 Å². The Morgan fingerprint density at radius 2 is 1.24 bits per heavy atom. The molecule has 2 aliphatic rings. The Bertz CT molecular complexity index is 3160. The third-order valence-electron chi connectivity index (χ3n) is 10.6. The van der Waals surface area contributed by atoms with Crippen molar-refractivity contribution >= 4 is 69.7 Å². The van der Waals surface area contributed by atoms with Crippen molar-refractivity contribution in [3.63, 3.8) is 0 Å². The molecule has 0 radical (unpaired) electrons. The molecule has 4 heterocycles. The molecule has 4 atom stereocenters. The highest BCUT2D eigenvalue weighted by atomic mass is 32.2. The minimum absolute atomic E-state index is 0.221. The van der Waals surface area contributed by atoms with E-state index < -0.39 is 115 Å². The summed E-state index contributed by atoms with van der Waals surface area (Å²) in [5.41, 5.74) is -4.22. The molecule has 2 fully saturated rings. The number of nitrogens with one attached hydrogen (secondary N) is 2. The summed E-state index contributed by atoms with van der Waals surface area (Å²) in [4.78, 5) is 135. The number of thioether (sulfide) groups is 1. The van der Waals surface area contributed by atoms with E-state index in [1.165, 1.54) is 65.2 Å². The lowest BCUT2D eigenvalue weighted by atomic mass is 9.95. The normalized spacial score (nSPS) is 17.5. The van der Waals surface area contributed by atoms with Crippen LogP contribution in [0.2, 0.25) is 0 Å². The van der Waals surface area contributed by atoms with Gasteiger partial charge in [-0.2, -0.15) is 0 Å². The van der Waals surface area contributed by atoms with Gasteiger partial charge in [0.15, 0.2) is 22.7 Å². The second-order valence-corrected chi connectivity index (χ2v) is 16.8. The number of nitrogens with zero attached hydrogens (tertiary/aromatic N) is 3. The van der Waals surface area contributed by atoms with Gasteiger partial charge in [0.25, 0.3) is 17.0 Å². The summed E-state index contributed by atoms with van der Waals surface area (Å²) < 4.78 is 30.0. The third-order valence-corrected chi connectivity index (χ3v) is 12.2. The smallest absolute Gasteiger partial charge is 0.480 e. The number of β-lactam (4-membered cyclic amide) rings is 1. The van der Waals surface area contributed by atoms with Gasteiger partial charge in [-0.05, 0) is 61.9 Å². The summed E-state index contributed by atoms with van der Waals surface area (Å²) in [7, 11) is 2.05. The number of rotatable bonds is 10. The van der Waals surface area contributed by atoms with Crippen LogP contribution in [0.3, 0.4) is 0 Å². The van der Waals surface area contributed by atoms with Gasteiger partial charge in [0.05, 0.1) is 36.4 Å². The van der Waals surface area contributed by atoms with Crippen molar-refractivity contribution < 1.29 is 61.7 Å². The molecule has 2 aromatic heterocycles. The Morgan fingerprint density at radius 1 is 0.727 bits per heavy atom. The van der Waals surface area contributed by atoms with E-state index in [1.807, 2.05) is 0 Å². The summed E-state index contributed by atoms with van der Waals surface area (Å²) in [5, 5.41) is 13.7. The SMILES string of the molecule is COC(=O)Oc1cccc2c(=O)n(-c3cc(C(=O)NC(C(=O)N[C@@H]4C(=O)N5[C@@H]4SC(C)(C)[C@@H]5C(=O)O)c4ccccc4)cc(-n4c(=O)oc5c(OC(=O)OC)cccc5c4=O)c3)c(=O)oc12. The Kier molecular flexibility index (Phi) is 11.3. The summed E-state index contributed by atoms with van der Waals surface area (Å²) in [6, 6.07) is 14.5. The van der Waals surface area contributed by atoms with Crippen molar-refractivity contribution in [3.8, 4) is 22.9 Å². The minimum Gasteiger partial charge on any atom is -0.480 e. The molecule has 0 bridgehead atoms. The van der Waals surface area contributed by atoms with Crippen LogP contribution in [0.25, 0.3) is 33.3 Å². The Hall–Kier alpha value is -8.47. The van der Waals surface area contributed by atoms with Crippen LogP contribution >= 0.6 is 11.8 Å². The molecule has 6 aromatic rings. The van der Waals surface area contributed by atoms with Gasteiger partial charge in [0.1, 0.15) is 23.5 Å². The fourth-order valence-corrected chi connectivity index (χ4v) is 9.27. The van der Waals surface area contributed by atoms with Crippen LogP contribution in [0.4, 0.5) is 9.59 Å². The Morgan fingerprint density at radius 3 is 1.73 bits per heavy atom. The number of para-hydroxylation sites is 2. The summed E-state index contributed by atoms with van der Waals surface area (Å²) >= 11 is 1.18. The maximum atomic E-state index is 14.5. The van der Waals surface area contributed by atoms with Crippen LogP contribution in [0.1, 0.15) is 35.8 Å².